The highest BCUT2D eigenvalue weighted by molar-refractivity contribution is 7.92. The lowest BCUT2D eigenvalue weighted by atomic mass is 10.1. The molecular weight excluding hydrogens is 393 g/mol. The molecular formula is C21H26FN3O3S. The molecule has 29 heavy (non-hydrogen) atoms. The number of carbonyl (C=O) groups excluding carboxylic acids is 1. The van der Waals surface area contributed by atoms with Crippen molar-refractivity contribution in [3.63, 3.8) is 0 Å². The molecule has 1 heterocycles. The molecule has 0 atom stereocenters. The van der Waals surface area contributed by atoms with Crippen LogP contribution in [0.3, 0.4) is 0 Å². The molecule has 8 heteroatoms. The molecule has 1 aliphatic heterocycles. The third kappa shape index (κ3) is 4.53. The second kappa shape index (κ2) is 8.82. The minimum absolute atomic E-state index is 0.0216. The van der Waals surface area contributed by atoms with Gasteiger partial charge in [-0.3, -0.25) is 9.10 Å². The fraction of sp³-hybridized carbons (Fsp3) is 0.381. The van der Waals surface area contributed by atoms with Crippen molar-refractivity contribution in [2.45, 2.75) is 13.8 Å². The number of piperazine rings is 1. The van der Waals surface area contributed by atoms with Crippen molar-refractivity contribution in [2.24, 2.45) is 0 Å². The highest BCUT2D eigenvalue weighted by Crippen LogP contribution is 2.22. The Morgan fingerprint density at radius 2 is 1.62 bits per heavy atom. The van der Waals surface area contributed by atoms with Gasteiger partial charge < -0.3 is 9.80 Å². The Hall–Kier alpha value is -2.61. The Labute approximate surface area is 171 Å². The van der Waals surface area contributed by atoms with Crippen LogP contribution < -0.4 is 9.21 Å². The van der Waals surface area contributed by atoms with E-state index in [1.54, 1.807) is 61.2 Å². The van der Waals surface area contributed by atoms with E-state index >= 15 is 0 Å². The largest absolute Gasteiger partial charge is 0.366 e. The zero-order chi connectivity index (χ0) is 21.0. The molecule has 1 amide bonds. The number of amides is 1. The Bertz CT molecular complexity index is 955. The van der Waals surface area contributed by atoms with Gasteiger partial charge in [0, 0.05) is 38.3 Å². The molecule has 0 spiro atoms. The van der Waals surface area contributed by atoms with Crippen LogP contribution >= 0.6 is 0 Å². The quantitative estimate of drug-likeness (QED) is 0.722. The van der Waals surface area contributed by atoms with Crippen molar-refractivity contribution in [2.75, 3.05) is 47.7 Å². The van der Waals surface area contributed by atoms with Gasteiger partial charge in [-0.1, -0.05) is 12.1 Å². The predicted octanol–water partition coefficient (Wildman–Crippen LogP) is 2.96. The number of rotatable bonds is 6. The van der Waals surface area contributed by atoms with Gasteiger partial charge in [-0.2, -0.15) is 0 Å². The minimum atomic E-state index is -3.35. The number of hydrogen-bond donors (Lipinski definition) is 0. The molecule has 0 aromatic heterocycles. The molecule has 0 unspecified atom stereocenters. The van der Waals surface area contributed by atoms with Gasteiger partial charge in [0.2, 0.25) is 10.0 Å². The van der Waals surface area contributed by atoms with Crippen LogP contribution in [0.1, 0.15) is 24.2 Å². The van der Waals surface area contributed by atoms with E-state index in [2.05, 4.69) is 0 Å². The lowest BCUT2D eigenvalue weighted by molar-refractivity contribution is 0.0746. The molecule has 1 aliphatic rings. The number of carbonyl (C=O) groups is 1. The normalized spacial score (nSPS) is 14.7. The van der Waals surface area contributed by atoms with E-state index < -0.39 is 10.0 Å². The van der Waals surface area contributed by atoms with Crippen molar-refractivity contribution in [1.82, 2.24) is 4.90 Å². The molecule has 3 rings (SSSR count). The van der Waals surface area contributed by atoms with E-state index in [-0.39, 0.29) is 17.5 Å². The van der Waals surface area contributed by atoms with Crippen molar-refractivity contribution in [1.29, 1.82) is 0 Å². The number of nitrogens with zero attached hydrogens (tertiary/aromatic N) is 3. The van der Waals surface area contributed by atoms with Crippen LogP contribution in [0.2, 0.25) is 0 Å². The monoisotopic (exact) mass is 419 g/mol. The zero-order valence-electron chi connectivity index (χ0n) is 16.7. The van der Waals surface area contributed by atoms with E-state index in [1.807, 2.05) is 4.90 Å². The van der Waals surface area contributed by atoms with E-state index in [0.717, 1.165) is 0 Å². The van der Waals surface area contributed by atoms with Gasteiger partial charge in [-0.15, -0.1) is 0 Å². The number of anilines is 2. The highest BCUT2D eigenvalue weighted by Gasteiger charge is 2.24. The van der Waals surface area contributed by atoms with Gasteiger partial charge in [0.25, 0.3) is 5.91 Å². The number of sulfonamides is 1. The molecule has 0 radical (unpaired) electrons. The Kier molecular flexibility index (Phi) is 6.42. The first-order valence-corrected chi connectivity index (χ1v) is 11.4. The average Bonchev–Trinajstić information content (AvgIpc) is 2.74. The standard InChI is InChI=1S/C21H26FN3O3S/c1-3-25(29(27,28)4-2)18-11-9-17(10-12-18)21(26)24-15-13-23(14-16-24)20-8-6-5-7-19(20)22/h5-12H,3-4,13-16H2,1-2H3. The summed E-state index contributed by atoms with van der Waals surface area (Å²) < 4.78 is 39.7. The van der Waals surface area contributed by atoms with Crippen molar-refractivity contribution in [3.8, 4) is 0 Å². The SMILES string of the molecule is CCN(c1ccc(C(=O)N2CCN(c3ccccc3F)CC2)cc1)S(=O)(=O)CC. The summed E-state index contributed by atoms with van der Waals surface area (Å²) >= 11 is 0. The maximum absolute atomic E-state index is 14.0. The summed E-state index contributed by atoms with van der Waals surface area (Å²) in [6, 6.07) is 13.3. The van der Waals surface area contributed by atoms with Crippen LogP contribution in [0.15, 0.2) is 48.5 Å². The molecule has 0 N–H and O–H groups in total. The van der Waals surface area contributed by atoms with Crippen LogP contribution in [0, 0.1) is 5.82 Å². The smallest absolute Gasteiger partial charge is 0.253 e. The third-order valence-corrected chi connectivity index (χ3v) is 7.02. The maximum atomic E-state index is 14.0. The summed E-state index contributed by atoms with van der Waals surface area (Å²) in [5, 5.41) is 0. The maximum Gasteiger partial charge on any atom is 0.253 e. The second-order valence-corrected chi connectivity index (χ2v) is 9.02. The summed E-state index contributed by atoms with van der Waals surface area (Å²) in [5.41, 5.74) is 1.62. The van der Waals surface area contributed by atoms with E-state index in [0.29, 0.717) is 49.7 Å². The fourth-order valence-corrected chi connectivity index (χ4v) is 4.66. The predicted molar refractivity (Wildman–Crippen MR) is 113 cm³/mol. The minimum Gasteiger partial charge on any atom is -0.366 e. The molecule has 2 aromatic rings. The van der Waals surface area contributed by atoms with Crippen molar-refractivity contribution < 1.29 is 17.6 Å². The summed E-state index contributed by atoms with van der Waals surface area (Å²) in [4.78, 5) is 16.5. The van der Waals surface area contributed by atoms with Gasteiger partial charge in [0.05, 0.1) is 17.1 Å². The van der Waals surface area contributed by atoms with Gasteiger partial charge in [0.15, 0.2) is 0 Å². The van der Waals surface area contributed by atoms with Gasteiger partial charge in [0.1, 0.15) is 5.82 Å². The van der Waals surface area contributed by atoms with E-state index in [1.165, 1.54) is 10.4 Å². The molecule has 0 bridgehead atoms. The average molecular weight is 420 g/mol. The summed E-state index contributed by atoms with van der Waals surface area (Å²) in [6.07, 6.45) is 0. The molecule has 0 aliphatic carbocycles. The Balaban J connectivity index is 1.67. The van der Waals surface area contributed by atoms with Gasteiger partial charge >= 0.3 is 0 Å². The summed E-state index contributed by atoms with van der Waals surface area (Å²) in [5.74, 6) is -0.343. The van der Waals surface area contributed by atoms with Gasteiger partial charge in [-0.05, 0) is 50.2 Å². The lowest BCUT2D eigenvalue weighted by Gasteiger charge is -2.36. The molecule has 0 saturated carbocycles. The molecule has 1 saturated heterocycles. The lowest BCUT2D eigenvalue weighted by Crippen LogP contribution is -2.49. The van der Waals surface area contributed by atoms with Gasteiger partial charge in [-0.25, -0.2) is 12.8 Å². The third-order valence-electron chi connectivity index (χ3n) is 5.15. The van der Waals surface area contributed by atoms with Crippen LogP contribution in [0.4, 0.5) is 15.8 Å². The fourth-order valence-electron chi connectivity index (χ4n) is 3.51. The Morgan fingerprint density at radius 3 is 2.17 bits per heavy atom. The number of hydrogen-bond acceptors (Lipinski definition) is 4. The second-order valence-electron chi connectivity index (χ2n) is 6.84. The molecule has 2 aromatic carbocycles. The van der Waals surface area contributed by atoms with Crippen molar-refractivity contribution in [3.05, 3.63) is 59.9 Å². The number of para-hydroxylation sites is 1. The molecule has 1 fully saturated rings. The molecule has 6 nitrogen and oxygen atoms in total. The van der Waals surface area contributed by atoms with Crippen LogP contribution in [0.5, 0.6) is 0 Å². The van der Waals surface area contributed by atoms with Crippen LogP contribution in [0.25, 0.3) is 0 Å². The zero-order valence-corrected chi connectivity index (χ0v) is 17.5. The van der Waals surface area contributed by atoms with Crippen molar-refractivity contribution >= 4 is 27.3 Å². The van der Waals surface area contributed by atoms with Crippen LogP contribution in [-0.4, -0.2) is 57.7 Å². The van der Waals surface area contributed by atoms with E-state index in [9.17, 15) is 17.6 Å². The van der Waals surface area contributed by atoms with Crippen LogP contribution in [-0.2, 0) is 10.0 Å². The Morgan fingerprint density at radius 1 is 1.00 bits per heavy atom. The number of halogens is 1. The topological polar surface area (TPSA) is 60.9 Å². The first-order chi connectivity index (χ1) is 13.9. The summed E-state index contributed by atoms with van der Waals surface area (Å²) in [7, 11) is -3.35. The summed E-state index contributed by atoms with van der Waals surface area (Å²) in [6.45, 7) is 5.84. The molecule has 156 valence electrons. The highest BCUT2D eigenvalue weighted by atomic mass is 32.2. The van der Waals surface area contributed by atoms with E-state index in [4.69, 9.17) is 0 Å². The first kappa shape index (κ1) is 21.1. The first-order valence-electron chi connectivity index (χ1n) is 9.76. The number of benzene rings is 2.